The molecular formula is C19H15F3O2. The zero-order valence-corrected chi connectivity index (χ0v) is 13.1. The Morgan fingerprint density at radius 1 is 1.04 bits per heavy atom. The van der Waals surface area contributed by atoms with Gasteiger partial charge in [0.25, 0.3) is 5.78 Å². The molecule has 0 amide bonds. The lowest BCUT2D eigenvalue weighted by atomic mass is 9.92. The topological polar surface area (TPSA) is 30.2 Å². The van der Waals surface area contributed by atoms with Crippen molar-refractivity contribution in [1.82, 2.24) is 0 Å². The summed E-state index contributed by atoms with van der Waals surface area (Å²) >= 11 is 0. The molecule has 0 saturated heterocycles. The third-order valence-corrected chi connectivity index (χ3v) is 3.96. The second-order valence-electron chi connectivity index (χ2n) is 5.90. The molecule has 0 fully saturated rings. The normalized spacial score (nSPS) is 12.1. The smallest absolute Gasteiger partial charge is 0.454 e. The number of Topliss-reactive ketones (excluding diaryl/α,β-unsaturated/α-hetero) is 1. The van der Waals surface area contributed by atoms with Gasteiger partial charge in [0.05, 0.1) is 6.26 Å². The molecule has 1 aromatic rings. The highest BCUT2D eigenvalue weighted by atomic mass is 19.4. The van der Waals surface area contributed by atoms with E-state index in [1.807, 2.05) is 13.8 Å². The molecule has 0 N–H and O–H groups in total. The molecule has 3 rings (SSSR count). The fraction of sp³-hybridized carbons (Fsp3) is 0.211. The predicted octanol–water partition coefficient (Wildman–Crippen LogP) is 5.92. The summed E-state index contributed by atoms with van der Waals surface area (Å²) in [6.45, 7) is 3.84. The van der Waals surface area contributed by atoms with Crippen LogP contribution >= 0.6 is 0 Å². The average molecular weight is 332 g/mol. The van der Waals surface area contributed by atoms with E-state index in [4.69, 9.17) is 4.42 Å². The Morgan fingerprint density at radius 3 is 2.29 bits per heavy atom. The van der Waals surface area contributed by atoms with Gasteiger partial charge < -0.3 is 4.42 Å². The van der Waals surface area contributed by atoms with Gasteiger partial charge in [0, 0.05) is 16.7 Å². The van der Waals surface area contributed by atoms with Gasteiger partial charge in [-0.05, 0) is 23.1 Å². The number of carbonyl (C=O) groups is 1. The van der Waals surface area contributed by atoms with E-state index in [2.05, 4.69) is 0 Å². The van der Waals surface area contributed by atoms with Crippen LogP contribution in [0.4, 0.5) is 13.2 Å². The maximum Gasteiger partial charge on any atom is 0.454 e. The highest BCUT2D eigenvalue weighted by Crippen LogP contribution is 2.43. The third-order valence-electron chi connectivity index (χ3n) is 3.96. The lowest BCUT2D eigenvalue weighted by molar-refractivity contribution is -0.0884. The molecule has 0 radical (unpaired) electrons. The number of rotatable bonds is 3. The summed E-state index contributed by atoms with van der Waals surface area (Å²) < 4.78 is 44.5. The van der Waals surface area contributed by atoms with Gasteiger partial charge in [-0.25, -0.2) is 0 Å². The number of carbonyl (C=O) groups excluding carboxylic acids is 1. The van der Waals surface area contributed by atoms with Gasteiger partial charge in [-0.2, -0.15) is 13.2 Å². The molecule has 1 aliphatic heterocycles. The molecule has 0 spiro atoms. The van der Waals surface area contributed by atoms with E-state index in [0.29, 0.717) is 11.1 Å². The molecule has 2 aliphatic rings. The fourth-order valence-electron chi connectivity index (χ4n) is 2.80. The number of alkyl halides is 3. The number of fused-ring (bicyclic) bond motifs is 1. The van der Waals surface area contributed by atoms with Gasteiger partial charge in [-0.3, -0.25) is 4.79 Å². The molecule has 24 heavy (non-hydrogen) atoms. The number of hydrogen-bond acceptors (Lipinski definition) is 2. The number of halogens is 3. The Bertz CT molecular complexity index is 845. The first-order chi connectivity index (χ1) is 11.3. The number of hydrogen-bond donors (Lipinski definition) is 0. The van der Waals surface area contributed by atoms with Crippen LogP contribution in [0.25, 0.3) is 22.5 Å². The second kappa shape index (κ2) is 5.82. The van der Waals surface area contributed by atoms with Crippen LogP contribution in [0.3, 0.4) is 0 Å². The van der Waals surface area contributed by atoms with Crippen molar-refractivity contribution in [3.63, 3.8) is 0 Å². The minimum absolute atomic E-state index is 0.0531. The fourth-order valence-corrected chi connectivity index (χ4v) is 2.80. The zero-order valence-electron chi connectivity index (χ0n) is 13.1. The molecule has 1 aromatic carbocycles. The lowest BCUT2D eigenvalue weighted by Gasteiger charge is -2.16. The molecule has 0 saturated carbocycles. The molecule has 5 heteroatoms. The van der Waals surface area contributed by atoms with Gasteiger partial charge in [0.2, 0.25) is 0 Å². The van der Waals surface area contributed by atoms with Gasteiger partial charge in [0.15, 0.2) is 0 Å². The van der Waals surface area contributed by atoms with E-state index in [9.17, 15) is 18.0 Å². The second-order valence-corrected chi connectivity index (χ2v) is 5.90. The van der Waals surface area contributed by atoms with Crippen molar-refractivity contribution in [2.75, 3.05) is 0 Å². The highest BCUT2D eigenvalue weighted by Gasteiger charge is 2.42. The summed E-state index contributed by atoms with van der Waals surface area (Å²) in [5, 5.41) is 0. The molecule has 0 atom stereocenters. The molecule has 0 bridgehead atoms. The quantitative estimate of drug-likeness (QED) is 0.557. The molecule has 0 unspecified atom stereocenters. The van der Waals surface area contributed by atoms with Crippen molar-refractivity contribution in [1.29, 1.82) is 0 Å². The predicted molar refractivity (Wildman–Crippen MR) is 85.2 cm³/mol. The maximum absolute atomic E-state index is 13.0. The van der Waals surface area contributed by atoms with E-state index in [1.54, 1.807) is 42.7 Å². The van der Waals surface area contributed by atoms with Crippen LogP contribution in [-0.2, 0) is 0 Å². The summed E-state index contributed by atoms with van der Waals surface area (Å²) in [7, 11) is 0. The van der Waals surface area contributed by atoms with E-state index < -0.39 is 12.0 Å². The molecule has 1 heterocycles. The standard InChI is InChI=1S/C19H15F3O2/c1-11(2)15-10-24-17(12-6-4-3-5-7-12)16-13(15)8-9-14(16)18(23)19(20,21)22/h3-11H,1-2H3. The van der Waals surface area contributed by atoms with Crippen LogP contribution in [0.2, 0.25) is 0 Å². The minimum Gasteiger partial charge on any atom is -0.463 e. The Labute approximate surface area is 137 Å². The zero-order chi connectivity index (χ0) is 17.5. The van der Waals surface area contributed by atoms with E-state index in [-0.39, 0.29) is 22.8 Å². The van der Waals surface area contributed by atoms with Crippen LogP contribution in [0.5, 0.6) is 0 Å². The van der Waals surface area contributed by atoms with E-state index in [0.717, 1.165) is 5.56 Å². The van der Waals surface area contributed by atoms with Gasteiger partial charge in [0.1, 0.15) is 5.76 Å². The molecular weight excluding hydrogens is 317 g/mol. The monoisotopic (exact) mass is 332 g/mol. The summed E-state index contributed by atoms with van der Waals surface area (Å²) in [5.41, 5.74) is 1.85. The van der Waals surface area contributed by atoms with Gasteiger partial charge in [-0.1, -0.05) is 50.2 Å². The van der Waals surface area contributed by atoms with Crippen LogP contribution in [0.1, 0.15) is 35.7 Å². The van der Waals surface area contributed by atoms with Crippen molar-refractivity contribution in [2.45, 2.75) is 25.9 Å². The summed E-state index contributed by atoms with van der Waals surface area (Å²) in [4.78, 5) is 11.8. The maximum atomic E-state index is 13.0. The van der Waals surface area contributed by atoms with Crippen LogP contribution in [-0.4, -0.2) is 12.0 Å². The Kier molecular flexibility index (Phi) is 3.95. The molecule has 2 nitrogen and oxygen atoms in total. The van der Waals surface area contributed by atoms with Crippen molar-refractivity contribution in [3.8, 4) is 22.5 Å². The molecule has 124 valence electrons. The largest absolute Gasteiger partial charge is 0.463 e. The SMILES string of the molecule is CC(C)c1coc(-c2ccccc2)c2c(C(=O)C(F)(F)F)ccc1-2. The summed E-state index contributed by atoms with van der Waals surface area (Å²) in [6, 6.07) is 11.6. The van der Waals surface area contributed by atoms with Gasteiger partial charge >= 0.3 is 6.18 Å². The van der Waals surface area contributed by atoms with E-state index >= 15 is 0 Å². The lowest BCUT2D eigenvalue weighted by Crippen LogP contribution is -2.22. The van der Waals surface area contributed by atoms with Crippen molar-refractivity contribution < 1.29 is 22.4 Å². The Hall–Kier alpha value is -2.56. The van der Waals surface area contributed by atoms with Crippen molar-refractivity contribution in [2.24, 2.45) is 0 Å². The highest BCUT2D eigenvalue weighted by molar-refractivity contribution is 6.09. The van der Waals surface area contributed by atoms with Crippen molar-refractivity contribution >= 4 is 5.78 Å². The summed E-state index contributed by atoms with van der Waals surface area (Å²) in [6.07, 6.45) is -3.37. The van der Waals surface area contributed by atoms with Crippen LogP contribution in [0, 0.1) is 0 Å². The first kappa shape index (κ1) is 16.3. The van der Waals surface area contributed by atoms with E-state index in [1.165, 1.54) is 6.07 Å². The van der Waals surface area contributed by atoms with Crippen LogP contribution in [0.15, 0.2) is 53.1 Å². The first-order valence-electron chi connectivity index (χ1n) is 7.51. The van der Waals surface area contributed by atoms with Crippen molar-refractivity contribution in [3.05, 3.63) is 59.9 Å². The number of benzene rings is 1. The van der Waals surface area contributed by atoms with Gasteiger partial charge in [-0.15, -0.1) is 0 Å². The average Bonchev–Trinajstić information content (AvgIpc) is 2.97. The molecule has 0 aromatic heterocycles. The summed E-state index contributed by atoms with van der Waals surface area (Å²) in [5.74, 6) is -1.53. The molecule has 1 aliphatic carbocycles. The third kappa shape index (κ3) is 2.70. The Morgan fingerprint density at radius 2 is 1.71 bits per heavy atom. The Balaban J connectivity index is 2.30. The first-order valence-corrected chi connectivity index (χ1v) is 7.51. The van der Waals surface area contributed by atoms with Crippen LogP contribution < -0.4 is 0 Å². The minimum atomic E-state index is -4.93. The number of ketones is 1.